The second kappa shape index (κ2) is 5.92. The Morgan fingerprint density at radius 1 is 1.25 bits per heavy atom. The van der Waals surface area contributed by atoms with Gasteiger partial charge in [0.05, 0.1) is 16.5 Å². The molecule has 0 aromatic heterocycles. The van der Waals surface area contributed by atoms with Crippen LogP contribution in [0.15, 0.2) is 29.2 Å². The SMILES string of the molecule is CC1CN(C)CCCN1S(=O)(=O)c1ccc(C#N)cc1. The highest BCUT2D eigenvalue weighted by Crippen LogP contribution is 2.21. The summed E-state index contributed by atoms with van der Waals surface area (Å²) in [5, 5.41) is 8.77. The van der Waals surface area contributed by atoms with Crippen molar-refractivity contribution < 1.29 is 8.42 Å². The molecule has 1 unspecified atom stereocenters. The lowest BCUT2D eigenvalue weighted by molar-refractivity contribution is 0.290. The topological polar surface area (TPSA) is 64.4 Å². The Labute approximate surface area is 120 Å². The Hall–Kier alpha value is -1.42. The van der Waals surface area contributed by atoms with E-state index < -0.39 is 10.0 Å². The second-order valence-electron chi connectivity index (χ2n) is 5.22. The van der Waals surface area contributed by atoms with E-state index in [9.17, 15) is 8.42 Å². The Morgan fingerprint density at radius 2 is 1.90 bits per heavy atom. The minimum absolute atomic E-state index is 0.0526. The van der Waals surface area contributed by atoms with Crippen LogP contribution in [0.4, 0.5) is 0 Å². The molecule has 1 aromatic carbocycles. The van der Waals surface area contributed by atoms with Crippen molar-refractivity contribution in [2.75, 3.05) is 26.7 Å². The Kier molecular flexibility index (Phi) is 4.43. The van der Waals surface area contributed by atoms with Crippen LogP contribution >= 0.6 is 0 Å². The number of sulfonamides is 1. The standard InChI is InChI=1S/C14H19N3O2S/c1-12-11-16(2)8-3-9-17(12)20(18,19)14-6-4-13(10-15)5-7-14/h4-7,12H,3,8-9,11H2,1-2H3. The predicted molar refractivity (Wildman–Crippen MR) is 76.6 cm³/mol. The molecule has 1 heterocycles. The van der Waals surface area contributed by atoms with Crippen molar-refractivity contribution >= 4 is 10.0 Å². The van der Waals surface area contributed by atoms with Gasteiger partial charge in [0.25, 0.3) is 0 Å². The van der Waals surface area contributed by atoms with E-state index >= 15 is 0 Å². The highest BCUT2D eigenvalue weighted by molar-refractivity contribution is 7.89. The summed E-state index contributed by atoms with van der Waals surface area (Å²) in [5.74, 6) is 0. The monoisotopic (exact) mass is 293 g/mol. The fraction of sp³-hybridized carbons (Fsp3) is 0.500. The van der Waals surface area contributed by atoms with Crippen LogP contribution in [-0.2, 0) is 10.0 Å². The minimum Gasteiger partial charge on any atom is -0.305 e. The molecule has 1 aromatic rings. The van der Waals surface area contributed by atoms with Crippen LogP contribution < -0.4 is 0 Å². The van der Waals surface area contributed by atoms with Gasteiger partial charge in [-0.25, -0.2) is 8.42 Å². The van der Waals surface area contributed by atoms with Gasteiger partial charge < -0.3 is 4.90 Å². The highest BCUT2D eigenvalue weighted by atomic mass is 32.2. The van der Waals surface area contributed by atoms with Crippen molar-refractivity contribution in [3.63, 3.8) is 0 Å². The van der Waals surface area contributed by atoms with Crippen LogP contribution in [0.5, 0.6) is 0 Å². The number of benzene rings is 1. The molecule has 0 saturated carbocycles. The van der Waals surface area contributed by atoms with Gasteiger partial charge in [-0.15, -0.1) is 0 Å². The van der Waals surface area contributed by atoms with E-state index in [-0.39, 0.29) is 10.9 Å². The fourth-order valence-corrected chi connectivity index (χ4v) is 4.20. The van der Waals surface area contributed by atoms with E-state index in [0.717, 1.165) is 19.5 Å². The molecule has 0 aliphatic carbocycles. The summed E-state index contributed by atoms with van der Waals surface area (Å²) in [6, 6.07) is 8.05. The summed E-state index contributed by atoms with van der Waals surface area (Å²) in [7, 11) is -1.48. The maximum atomic E-state index is 12.7. The molecule has 5 nitrogen and oxygen atoms in total. The first-order chi connectivity index (χ1) is 9.45. The maximum absolute atomic E-state index is 12.7. The molecular weight excluding hydrogens is 274 g/mol. The zero-order valence-electron chi connectivity index (χ0n) is 11.8. The molecule has 1 fully saturated rings. The summed E-state index contributed by atoms with van der Waals surface area (Å²) in [5.41, 5.74) is 0.465. The third-order valence-corrected chi connectivity index (χ3v) is 5.60. The molecule has 0 radical (unpaired) electrons. The molecule has 1 aliphatic rings. The van der Waals surface area contributed by atoms with Gasteiger partial charge in [-0.05, 0) is 51.2 Å². The third kappa shape index (κ3) is 3.01. The minimum atomic E-state index is -3.49. The van der Waals surface area contributed by atoms with E-state index in [1.807, 2.05) is 20.0 Å². The van der Waals surface area contributed by atoms with Crippen molar-refractivity contribution in [2.45, 2.75) is 24.3 Å². The average molecular weight is 293 g/mol. The van der Waals surface area contributed by atoms with Gasteiger partial charge in [0.2, 0.25) is 10.0 Å². The summed E-state index contributed by atoms with van der Waals surface area (Å²) in [6.45, 7) is 4.11. The van der Waals surface area contributed by atoms with Crippen LogP contribution in [-0.4, -0.2) is 50.3 Å². The second-order valence-corrected chi connectivity index (χ2v) is 7.11. The normalized spacial score (nSPS) is 22.1. The summed E-state index contributed by atoms with van der Waals surface area (Å²) in [4.78, 5) is 2.41. The molecule has 108 valence electrons. The highest BCUT2D eigenvalue weighted by Gasteiger charge is 2.31. The van der Waals surface area contributed by atoms with Crippen molar-refractivity contribution in [2.24, 2.45) is 0 Å². The maximum Gasteiger partial charge on any atom is 0.243 e. The van der Waals surface area contributed by atoms with Gasteiger partial charge in [-0.2, -0.15) is 9.57 Å². The van der Waals surface area contributed by atoms with Crippen LogP contribution in [0.1, 0.15) is 18.9 Å². The van der Waals surface area contributed by atoms with Crippen LogP contribution in [0, 0.1) is 11.3 Å². The lowest BCUT2D eigenvalue weighted by Gasteiger charge is -2.27. The molecule has 1 aliphatic heterocycles. The molecule has 0 N–H and O–H groups in total. The Morgan fingerprint density at radius 3 is 2.50 bits per heavy atom. The van der Waals surface area contributed by atoms with E-state index in [4.69, 9.17) is 5.26 Å². The Bertz CT molecular complexity index is 604. The van der Waals surface area contributed by atoms with Gasteiger partial charge in [0.1, 0.15) is 0 Å². The molecule has 1 saturated heterocycles. The predicted octanol–water partition coefficient (Wildman–Crippen LogP) is 1.27. The zero-order chi connectivity index (χ0) is 14.8. The van der Waals surface area contributed by atoms with Crippen molar-refractivity contribution in [1.29, 1.82) is 5.26 Å². The van der Waals surface area contributed by atoms with Crippen molar-refractivity contribution in [3.05, 3.63) is 29.8 Å². The molecule has 0 amide bonds. The number of nitrogens with zero attached hydrogens (tertiary/aromatic N) is 3. The number of nitriles is 1. The molecular formula is C14H19N3O2S. The molecule has 0 bridgehead atoms. The summed E-state index contributed by atoms with van der Waals surface area (Å²) >= 11 is 0. The van der Waals surface area contributed by atoms with E-state index in [2.05, 4.69) is 4.90 Å². The molecule has 6 heteroatoms. The molecule has 2 rings (SSSR count). The first-order valence-electron chi connectivity index (χ1n) is 6.65. The Balaban J connectivity index is 2.30. The number of hydrogen-bond acceptors (Lipinski definition) is 4. The van der Waals surface area contributed by atoms with Crippen LogP contribution in [0.25, 0.3) is 0 Å². The lowest BCUT2D eigenvalue weighted by atomic mass is 10.2. The summed E-state index contributed by atoms with van der Waals surface area (Å²) in [6.07, 6.45) is 0.830. The van der Waals surface area contributed by atoms with Crippen LogP contribution in [0.3, 0.4) is 0 Å². The van der Waals surface area contributed by atoms with Gasteiger partial charge in [-0.1, -0.05) is 0 Å². The zero-order valence-corrected chi connectivity index (χ0v) is 12.6. The lowest BCUT2D eigenvalue weighted by Crippen LogP contribution is -2.41. The third-order valence-electron chi connectivity index (χ3n) is 3.58. The molecule has 20 heavy (non-hydrogen) atoms. The quantitative estimate of drug-likeness (QED) is 0.824. The number of hydrogen-bond donors (Lipinski definition) is 0. The number of rotatable bonds is 2. The average Bonchev–Trinajstić information content (AvgIpc) is 2.59. The van der Waals surface area contributed by atoms with Crippen molar-refractivity contribution in [3.8, 4) is 6.07 Å². The summed E-state index contributed by atoms with van der Waals surface area (Å²) < 4.78 is 26.9. The molecule has 1 atom stereocenters. The van der Waals surface area contributed by atoms with Gasteiger partial charge in [0.15, 0.2) is 0 Å². The first-order valence-corrected chi connectivity index (χ1v) is 8.09. The van der Waals surface area contributed by atoms with E-state index in [1.54, 1.807) is 16.4 Å². The fourth-order valence-electron chi connectivity index (χ4n) is 2.54. The van der Waals surface area contributed by atoms with E-state index in [1.165, 1.54) is 12.1 Å². The van der Waals surface area contributed by atoms with Gasteiger partial charge in [0, 0.05) is 19.1 Å². The molecule has 0 spiro atoms. The van der Waals surface area contributed by atoms with E-state index in [0.29, 0.717) is 12.1 Å². The van der Waals surface area contributed by atoms with Crippen molar-refractivity contribution in [1.82, 2.24) is 9.21 Å². The first kappa shape index (κ1) is 15.0. The number of likely N-dealkylation sites (N-methyl/N-ethyl adjacent to an activating group) is 1. The van der Waals surface area contributed by atoms with Crippen LogP contribution in [0.2, 0.25) is 0 Å². The van der Waals surface area contributed by atoms with Gasteiger partial charge in [-0.3, -0.25) is 0 Å². The smallest absolute Gasteiger partial charge is 0.243 e. The largest absolute Gasteiger partial charge is 0.305 e. The van der Waals surface area contributed by atoms with Gasteiger partial charge >= 0.3 is 0 Å².